The molecule has 4 atom stereocenters. The van der Waals surface area contributed by atoms with Crippen molar-refractivity contribution in [2.75, 3.05) is 18.0 Å². The predicted molar refractivity (Wildman–Crippen MR) is 118 cm³/mol. The van der Waals surface area contributed by atoms with Crippen molar-refractivity contribution in [3.8, 4) is 11.4 Å². The molecule has 7 rings (SSSR count). The first-order valence-corrected chi connectivity index (χ1v) is 11.3. The van der Waals surface area contributed by atoms with Crippen molar-refractivity contribution in [2.45, 2.75) is 43.1 Å². The lowest BCUT2D eigenvalue weighted by Gasteiger charge is -2.51. The number of nitrogens with zero attached hydrogens (tertiary/aromatic N) is 5. The van der Waals surface area contributed by atoms with Crippen molar-refractivity contribution >= 4 is 27.8 Å². The average molecular weight is 467 g/mol. The molecule has 34 heavy (non-hydrogen) atoms. The zero-order valence-electron chi connectivity index (χ0n) is 17.8. The van der Waals surface area contributed by atoms with Gasteiger partial charge in [-0.05, 0) is 30.5 Å². The maximum absolute atomic E-state index is 13.4. The van der Waals surface area contributed by atoms with Gasteiger partial charge in [0.05, 0.1) is 23.9 Å². The molecule has 1 aliphatic carbocycles. The van der Waals surface area contributed by atoms with Crippen LogP contribution in [0.5, 0.6) is 0 Å². The van der Waals surface area contributed by atoms with Crippen LogP contribution in [0.1, 0.15) is 30.0 Å². The van der Waals surface area contributed by atoms with Gasteiger partial charge >= 0.3 is 6.18 Å². The number of β-amino-alcohol motifs (C(OH)–C–C–N with tert-alkyl or cyclic N) is 1. The van der Waals surface area contributed by atoms with Crippen molar-refractivity contribution in [2.24, 2.45) is 0 Å². The molecule has 2 aliphatic heterocycles. The van der Waals surface area contributed by atoms with Crippen molar-refractivity contribution in [1.29, 1.82) is 0 Å². The van der Waals surface area contributed by atoms with Gasteiger partial charge in [0.25, 0.3) is 0 Å². The van der Waals surface area contributed by atoms with Crippen LogP contribution < -0.4 is 10.2 Å². The van der Waals surface area contributed by atoms with Gasteiger partial charge in [-0.2, -0.15) is 13.2 Å². The van der Waals surface area contributed by atoms with E-state index in [0.717, 1.165) is 29.9 Å². The standard InChI is InChI=1S/C23H20F3N7O/c24-23(25,26)18-5-12-11(3-4-29-20(12)31-18)21-30-14-7-27-6-13-10-1-2-15(10)33(22(32-21)19(13)14)16-8-28-9-17(16)34/h3-7,10,15-17,28,34H,1-2,8-9H2,(H,29,31)/t10?,15?,16-,17-/m1/s1. The third-order valence-corrected chi connectivity index (χ3v) is 7.44. The predicted octanol–water partition coefficient (Wildman–Crippen LogP) is 2.99. The quantitative estimate of drug-likeness (QED) is 0.417. The summed E-state index contributed by atoms with van der Waals surface area (Å²) in [4.78, 5) is 22.7. The van der Waals surface area contributed by atoms with E-state index in [1.807, 2.05) is 6.20 Å². The maximum atomic E-state index is 13.4. The third kappa shape index (κ3) is 2.73. The van der Waals surface area contributed by atoms with Crippen LogP contribution in [0.15, 0.2) is 30.7 Å². The smallest absolute Gasteiger partial charge is 0.390 e. The highest BCUT2D eigenvalue weighted by Gasteiger charge is 2.48. The molecule has 6 heterocycles. The first kappa shape index (κ1) is 20.1. The number of alkyl halides is 3. The largest absolute Gasteiger partial charge is 0.431 e. The minimum absolute atomic E-state index is 0.125. The molecule has 174 valence electrons. The number of hydrogen-bond acceptors (Lipinski definition) is 7. The van der Waals surface area contributed by atoms with Crippen LogP contribution in [0.2, 0.25) is 0 Å². The number of fused-ring (bicyclic) bond motifs is 3. The van der Waals surface area contributed by atoms with Crippen LogP contribution in [0, 0.1) is 0 Å². The molecule has 0 radical (unpaired) electrons. The van der Waals surface area contributed by atoms with Crippen LogP contribution in [0.3, 0.4) is 0 Å². The molecule has 0 spiro atoms. The van der Waals surface area contributed by atoms with E-state index in [4.69, 9.17) is 9.97 Å². The van der Waals surface area contributed by atoms with Gasteiger partial charge in [0.15, 0.2) is 5.82 Å². The number of rotatable bonds is 2. The molecule has 4 aromatic rings. The Morgan fingerprint density at radius 1 is 1.09 bits per heavy atom. The Hall–Kier alpha value is -3.31. The summed E-state index contributed by atoms with van der Waals surface area (Å²) in [7, 11) is 0. The van der Waals surface area contributed by atoms with E-state index in [9.17, 15) is 18.3 Å². The molecule has 0 amide bonds. The Bertz CT molecular complexity index is 1450. The van der Waals surface area contributed by atoms with E-state index >= 15 is 0 Å². The summed E-state index contributed by atoms with van der Waals surface area (Å²) in [5, 5.41) is 15.2. The van der Waals surface area contributed by atoms with Crippen LogP contribution in [0.25, 0.3) is 33.3 Å². The van der Waals surface area contributed by atoms with E-state index in [1.54, 1.807) is 12.3 Å². The Balaban J connectivity index is 1.47. The van der Waals surface area contributed by atoms with Gasteiger partial charge in [-0.25, -0.2) is 15.0 Å². The summed E-state index contributed by atoms with van der Waals surface area (Å²) in [6.07, 6.45) is 1.96. The lowest BCUT2D eigenvalue weighted by atomic mass is 9.71. The van der Waals surface area contributed by atoms with E-state index in [2.05, 4.69) is 25.2 Å². The number of pyridine rings is 2. The molecule has 1 saturated heterocycles. The van der Waals surface area contributed by atoms with Gasteiger partial charge in [0.1, 0.15) is 17.2 Å². The molecular weight excluding hydrogens is 447 g/mol. The van der Waals surface area contributed by atoms with Crippen molar-refractivity contribution in [3.05, 3.63) is 42.0 Å². The van der Waals surface area contributed by atoms with Crippen LogP contribution in [-0.2, 0) is 6.18 Å². The summed E-state index contributed by atoms with van der Waals surface area (Å²) in [6.45, 7) is 1.15. The Morgan fingerprint density at radius 3 is 2.71 bits per heavy atom. The van der Waals surface area contributed by atoms with Gasteiger partial charge < -0.3 is 20.3 Å². The Labute approximate surface area is 191 Å². The van der Waals surface area contributed by atoms with Gasteiger partial charge in [-0.3, -0.25) is 4.98 Å². The number of anilines is 1. The van der Waals surface area contributed by atoms with Gasteiger partial charge in [0, 0.05) is 53.8 Å². The highest BCUT2D eigenvalue weighted by Crippen LogP contribution is 2.51. The minimum Gasteiger partial charge on any atom is -0.390 e. The molecule has 2 unspecified atom stereocenters. The number of aromatic amines is 1. The molecule has 4 aromatic heterocycles. The fourth-order valence-electron chi connectivity index (χ4n) is 5.73. The second-order valence-corrected chi connectivity index (χ2v) is 9.25. The highest BCUT2D eigenvalue weighted by atomic mass is 19.4. The van der Waals surface area contributed by atoms with Crippen LogP contribution in [-0.4, -0.2) is 61.3 Å². The summed E-state index contributed by atoms with van der Waals surface area (Å²) < 4.78 is 40.1. The van der Waals surface area contributed by atoms with E-state index < -0.39 is 18.0 Å². The third-order valence-electron chi connectivity index (χ3n) is 7.44. The average Bonchev–Trinajstić information content (AvgIpc) is 3.41. The van der Waals surface area contributed by atoms with Gasteiger partial charge in [-0.1, -0.05) is 0 Å². The Morgan fingerprint density at radius 2 is 1.97 bits per heavy atom. The second kappa shape index (κ2) is 6.86. The molecule has 3 aliphatic rings. The van der Waals surface area contributed by atoms with E-state index in [-0.39, 0.29) is 17.7 Å². The van der Waals surface area contributed by atoms with Crippen molar-refractivity contribution in [1.82, 2.24) is 30.2 Å². The Kier molecular flexibility index (Phi) is 4.05. The summed E-state index contributed by atoms with van der Waals surface area (Å²) >= 11 is 0. The summed E-state index contributed by atoms with van der Waals surface area (Å²) in [5.74, 6) is 1.32. The highest BCUT2D eigenvalue weighted by molar-refractivity contribution is 5.98. The molecular formula is C23H20F3N7O. The van der Waals surface area contributed by atoms with E-state index in [1.165, 1.54) is 6.20 Å². The fourth-order valence-corrected chi connectivity index (χ4v) is 5.73. The first-order valence-electron chi connectivity index (χ1n) is 11.3. The molecule has 2 fully saturated rings. The van der Waals surface area contributed by atoms with Crippen molar-refractivity contribution < 1.29 is 18.3 Å². The van der Waals surface area contributed by atoms with Gasteiger partial charge in [-0.15, -0.1) is 0 Å². The zero-order chi connectivity index (χ0) is 23.2. The first-order chi connectivity index (χ1) is 16.4. The number of H-pyrrole nitrogens is 1. The number of halogens is 3. The minimum atomic E-state index is -4.52. The summed E-state index contributed by atoms with van der Waals surface area (Å²) in [6, 6.07) is 2.74. The number of hydrogen-bond donors (Lipinski definition) is 3. The monoisotopic (exact) mass is 467 g/mol. The maximum Gasteiger partial charge on any atom is 0.431 e. The van der Waals surface area contributed by atoms with Gasteiger partial charge in [0.2, 0.25) is 0 Å². The number of aromatic nitrogens is 5. The molecule has 3 N–H and O–H groups in total. The molecule has 0 aromatic carbocycles. The number of aliphatic hydroxyl groups is 1. The van der Waals surface area contributed by atoms with Crippen LogP contribution in [0.4, 0.5) is 19.0 Å². The lowest BCUT2D eigenvalue weighted by molar-refractivity contribution is -0.140. The number of nitrogens with one attached hydrogen (secondary N) is 2. The molecule has 0 bridgehead atoms. The second-order valence-electron chi connectivity index (χ2n) is 9.25. The molecule has 1 saturated carbocycles. The SMILES string of the molecule is O[C@@H]1CNC[C@H]1N1c2nc(-c3ccnc4[nH]c(C(F)(F)F)cc34)nc3cncc(c23)C2CCC21. The molecule has 11 heteroatoms. The fraction of sp³-hybridized carbons (Fsp3) is 0.391. The summed E-state index contributed by atoms with van der Waals surface area (Å²) in [5.41, 5.74) is 1.46. The topological polar surface area (TPSA) is 103 Å². The molecule has 8 nitrogen and oxygen atoms in total. The van der Waals surface area contributed by atoms with Crippen molar-refractivity contribution in [3.63, 3.8) is 0 Å². The lowest BCUT2D eigenvalue weighted by Crippen LogP contribution is -2.57. The zero-order valence-corrected chi connectivity index (χ0v) is 17.8. The normalized spacial score (nSPS) is 26.2. The van der Waals surface area contributed by atoms with E-state index in [0.29, 0.717) is 47.1 Å². The number of aliphatic hydroxyl groups excluding tert-OH is 1. The van der Waals surface area contributed by atoms with Crippen LogP contribution >= 0.6 is 0 Å².